The molecule has 0 aliphatic rings. The van der Waals surface area contributed by atoms with Gasteiger partial charge in [-0.25, -0.2) is 0 Å². The zero-order valence-electron chi connectivity index (χ0n) is 11.9. The van der Waals surface area contributed by atoms with Gasteiger partial charge >= 0.3 is 0 Å². The van der Waals surface area contributed by atoms with Crippen LogP contribution in [0.5, 0.6) is 11.5 Å². The van der Waals surface area contributed by atoms with Crippen LogP contribution in [0.15, 0.2) is 16.6 Å². The molecule has 1 atom stereocenters. The van der Waals surface area contributed by atoms with E-state index in [1.165, 1.54) is 0 Å². The lowest BCUT2D eigenvalue weighted by atomic mass is 10.1. The van der Waals surface area contributed by atoms with Crippen molar-refractivity contribution in [2.45, 2.75) is 26.5 Å². The minimum atomic E-state index is -0.330. The Morgan fingerprint density at radius 3 is 2.47 bits per heavy atom. The zero-order chi connectivity index (χ0) is 14.4. The molecule has 19 heavy (non-hydrogen) atoms. The zero-order valence-corrected chi connectivity index (χ0v) is 13.5. The predicted octanol–water partition coefficient (Wildman–Crippen LogP) is 2.57. The van der Waals surface area contributed by atoms with Gasteiger partial charge in [0, 0.05) is 13.1 Å². The Balaban J connectivity index is 2.67. The first kappa shape index (κ1) is 16.3. The van der Waals surface area contributed by atoms with Gasteiger partial charge in [-0.05, 0) is 39.5 Å². The summed E-state index contributed by atoms with van der Waals surface area (Å²) in [5, 5.41) is 13.0. The quantitative estimate of drug-likeness (QED) is 0.806. The average Bonchev–Trinajstić information content (AvgIpc) is 2.37. The van der Waals surface area contributed by atoms with Gasteiger partial charge in [-0.15, -0.1) is 0 Å². The maximum absolute atomic E-state index is 9.73. The first-order valence-electron chi connectivity index (χ1n) is 6.28. The van der Waals surface area contributed by atoms with Gasteiger partial charge in [-0.1, -0.05) is 13.8 Å². The molecule has 1 aromatic carbocycles. The summed E-state index contributed by atoms with van der Waals surface area (Å²) in [6.45, 7) is 5.24. The molecule has 1 unspecified atom stereocenters. The van der Waals surface area contributed by atoms with Gasteiger partial charge in [-0.3, -0.25) is 0 Å². The summed E-state index contributed by atoms with van der Waals surface area (Å²) < 4.78 is 11.4. The summed E-state index contributed by atoms with van der Waals surface area (Å²) in [7, 11) is 3.23. The number of hydrogen-bond donors (Lipinski definition) is 2. The summed E-state index contributed by atoms with van der Waals surface area (Å²) >= 11 is 3.46. The standard InChI is InChI=1S/C14H22BrNO3/c1-9(2)12(17)8-16-7-10-5-11(15)14(19-4)13(6-10)18-3/h5-6,9,12,16-17H,7-8H2,1-4H3. The molecule has 0 saturated heterocycles. The largest absolute Gasteiger partial charge is 0.493 e. The van der Waals surface area contributed by atoms with Gasteiger partial charge in [0.25, 0.3) is 0 Å². The van der Waals surface area contributed by atoms with Crippen LogP contribution in [0, 0.1) is 5.92 Å². The normalized spacial score (nSPS) is 12.6. The van der Waals surface area contributed by atoms with E-state index >= 15 is 0 Å². The molecule has 108 valence electrons. The SMILES string of the molecule is COc1cc(CNCC(O)C(C)C)cc(Br)c1OC. The fourth-order valence-corrected chi connectivity index (χ4v) is 2.32. The first-order valence-corrected chi connectivity index (χ1v) is 7.08. The van der Waals surface area contributed by atoms with Crippen LogP contribution in [0.25, 0.3) is 0 Å². The Morgan fingerprint density at radius 2 is 1.95 bits per heavy atom. The van der Waals surface area contributed by atoms with Crippen molar-refractivity contribution in [1.29, 1.82) is 0 Å². The minimum Gasteiger partial charge on any atom is -0.493 e. The fraction of sp³-hybridized carbons (Fsp3) is 0.571. The molecule has 0 heterocycles. The minimum absolute atomic E-state index is 0.254. The summed E-state index contributed by atoms with van der Waals surface area (Å²) in [5.41, 5.74) is 1.07. The number of nitrogens with one attached hydrogen (secondary N) is 1. The highest BCUT2D eigenvalue weighted by atomic mass is 79.9. The van der Waals surface area contributed by atoms with E-state index in [9.17, 15) is 5.11 Å². The molecule has 0 saturated carbocycles. The first-order chi connectivity index (χ1) is 8.99. The van der Waals surface area contributed by atoms with Gasteiger partial charge in [0.15, 0.2) is 11.5 Å². The fourth-order valence-electron chi connectivity index (χ4n) is 1.67. The number of methoxy groups -OCH3 is 2. The van der Waals surface area contributed by atoms with Crippen LogP contribution in [0.4, 0.5) is 0 Å². The van der Waals surface area contributed by atoms with Gasteiger partial charge in [0.05, 0.1) is 24.8 Å². The second kappa shape index (κ2) is 7.72. The molecule has 1 rings (SSSR count). The van der Waals surface area contributed by atoms with Crippen molar-refractivity contribution in [3.63, 3.8) is 0 Å². The van der Waals surface area contributed by atoms with Crippen molar-refractivity contribution in [2.24, 2.45) is 5.92 Å². The van der Waals surface area contributed by atoms with Gasteiger partial charge < -0.3 is 19.9 Å². The Morgan fingerprint density at radius 1 is 1.26 bits per heavy atom. The molecule has 0 fully saturated rings. The molecule has 0 aliphatic heterocycles. The van der Waals surface area contributed by atoms with E-state index in [0.717, 1.165) is 10.0 Å². The highest BCUT2D eigenvalue weighted by Gasteiger charge is 2.11. The van der Waals surface area contributed by atoms with Crippen molar-refractivity contribution in [2.75, 3.05) is 20.8 Å². The van der Waals surface area contributed by atoms with E-state index < -0.39 is 0 Å². The number of benzene rings is 1. The lowest BCUT2D eigenvalue weighted by Crippen LogP contribution is -2.30. The molecule has 5 heteroatoms. The predicted molar refractivity (Wildman–Crippen MR) is 79.8 cm³/mol. The number of rotatable bonds is 7. The van der Waals surface area contributed by atoms with E-state index in [1.54, 1.807) is 14.2 Å². The van der Waals surface area contributed by atoms with Crippen LogP contribution < -0.4 is 14.8 Å². The number of ether oxygens (including phenoxy) is 2. The van der Waals surface area contributed by atoms with Gasteiger partial charge in [0.2, 0.25) is 0 Å². The summed E-state index contributed by atoms with van der Waals surface area (Å²) in [6, 6.07) is 3.91. The monoisotopic (exact) mass is 331 g/mol. The highest BCUT2D eigenvalue weighted by molar-refractivity contribution is 9.10. The maximum atomic E-state index is 9.73. The Labute approximate surface area is 123 Å². The molecule has 0 radical (unpaired) electrons. The number of aliphatic hydroxyl groups is 1. The second-order valence-electron chi connectivity index (χ2n) is 4.76. The molecule has 0 aliphatic carbocycles. The molecule has 0 spiro atoms. The van der Waals surface area contributed by atoms with Crippen LogP contribution in [0.2, 0.25) is 0 Å². The molecular weight excluding hydrogens is 310 g/mol. The van der Waals surface area contributed by atoms with Crippen molar-refractivity contribution in [3.05, 3.63) is 22.2 Å². The molecule has 4 nitrogen and oxygen atoms in total. The smallest absolute Gasteiger partial charge is 0.174 e. The molecule has 0 amide bonds. The highest BCUT2D eigenvalue weighted by Crippen LogP contribution is 2.36. The van der Waals surface area contributed by atoms with E-state index in [-0.39, 0.29) is 12.0 Å². The molecular formula is C14H22BrNO3. The van der Waals surface area contributed by atoms with E-state index in [0.29, 0.717) is 24.6 Å². The Bertz CT molecular complexity index is 410. The van der Waals surface area contributed by atoms with E-state index in [2.05, 4.69) is 21.2 Å². The lowest BCUT2D eigenvalue weighted by Gasteiger charge is -2.16. The molecule has 0 aromatic heterocycles. The number of halogens is 1. The summed E-state index contributed by atoms with van der Waals surface area (Å²) in [5.74, 6) is 1.64. The second-order valence-corrected chi connectivity index (χ2v) is 5.61. The topological polar surface area (TPSA) is 50.7 Å². The Kier molecular flexibility index (Phi) is 6.62. The third-order valence-electron chi connectivity index (χ3n) is 2.95. The third kappa shape index (κ3) is 4.67. The van der Waals surface area contributed by atoms with Gasteiger partial charge in [0.1, 0.15) is 0 Å². The summed E-state index contributed by atoms with van der Waals surface area (Å²) in [6.07, 6.45) is -0.330. The van der Waals surface area contributed by atoms with Crippen LogP contribution in [0.1, 0.15) is 19.4 Å². The van der Waals surface area contributed by atoms with E-state index in [1.807, 2.05) is 26.0 Å². The van der Waals surface area contributed by atoms with Gasteiger partial charge in [-0.2, -0.15) is 0 Å². The van der Waals surface area contributed by atoms with Crippen LogP contribution in [-0.2, 0) is 6.54 Å². The Hall–Kier alpha value is -0.780. The van der Waals surface area contributed by atoms with Crippen molar-refractivity contribution < 1.29 is 14.6 Å². The third-order valence-corrected chi connectivity index (χ3v) is 3.53. The molecule has 2 N–H and O–H groups in total. The van der Waals surface area contributed by atoms with Crippen molar-refractivity contribution >= 4 is 15.9 Å². The van der Waals surface area contributed by atoms with Crippen LogP contribution >= 0.6 is 15.9 Å². The number of hydrogen-bond acceptors (Lipinski definition) is 4. The average molecular weight is 332 g/mol. The van der Waals surface area contributed by atoms with E-state index in [4.69, 9.17) is 9.47 Å². The molecule has 0 bridgehead atoms. The number of aliphatic hydroxyl groups excluding tert-OH is 1. The maximum Gasteiger partial charge on any atom is 0.174 e. The lowest BCUT2D eigenvalue weighted by molar-refractivity contribution is 0.123. The summed E-state index contributed by atoms with van der Waals surface area (Å²) in [4.78, 5) is 0. The van der Waals surface area contributed by atoms with Crippen LogP contribution in [-0.4, -0.2) is 32.0 Å². The molecule has 1 aromatic rings. The van der Waals surface area contributed by atoms with Crippen molar-refractivity contribution in [1.82, 2.24) is 5.32 Å². The van der Waals surface area contributed by atoms with Crippen LogP contribution in [0.3, 0.4) is 0 Å². The van der Waals surface area contributed by atoms with Crippen molar-refractivity contribution in [3.8, 4) is 11.5 Å².